The van der Waals surface area contributed by atoms with Crippen LogP contribution in [0.4, 0.5) is 5.82 Å². The number of halogens is 1. The summed E-state index contributed by atoms with van der Waals surface area (Å²) in [4.78, 5) is 43.4. The van der Waals surface area contributed by atoms with Gasteiger partial charge in [0.15, 0.2) is 17.7 Å². The van der Waals surface area contributed by atoms with Crippen LogP contribution in [0.25, 0.3) is 11.2 Å². The number of carbonyl (C=O) groups excluding carboxylic acids is 1. The van der Waals surface area contributed by atoms with Crippen LogP contribution in [0.2, 0.25) is 5.28 Å². The van der Waals surface area contributed by atoms with E-state index in [1.54, 1.807) is 30.3 Å². The molecule has 1 saturated heterocycles. The highest BCUT2D eigenvalue weighted by atomic mass is 35.5. The number of aliphatic hydroxyl groups excluding tert-OH is 2. The number of esters is 1. The normalized spacial score (nSPS) is 23.5. The van der Waals surface area contributed by atoms with Crippen LogP contribution in [-0.4, -0.2) is 76.3 Å². The van der Waals surface area contributed by atoms with Gasteiger partial charge in [-0.05, 0) is 17.2 Å². The van der Waals surface area contributed by atoms with Crippen molar-refractivity contribution in [2.45, 2.75) is 37.0 Å². The Balaban J connectivity index is 1.45. The first-order chi connectivity index (χ1) is 16.6. The predicted molar refractivity (Wildman–Crippen MR) is 119 cm³/mol. The molecule has 1 aliphatic heterocycles. The highest BCUT2D eigenvalue weighted by molar-refractivity contribution is 7.53. The highest BCUT2D eigenvalue weighted by Gasteiger charge is 2.46. The van der Waals surface area contributed by atoms with Crippen molar-refractivity contribution in [1.82, 2.24) is 19.5 Å². The number of fused-ring (bicyclic) bond motifs is 1. The van der Waals surface area contributed by atoms with Crippen LogP contribution in [0.3, 0.4) is 0 Å². The van der Waals surface area contributed by atoms with Gasteiger partial charge in [0.2, 0.25) is 5.28 Å². The van der Waals surface area contributed by atoms with Gasteiger partial charge >= 0.3 is 13.6 Å². The Morgan fingerprint density at radius 3 is 2.63 bits per heavy atom. The number of ether oxygens (including phenoxy) is 3. The van der Waals surface area contributed by atoms with E-state index in [1.807, 2.05) is 0 Å². The Labute approximate surface area is 202 Å². The molecule has 14 nitrogen and oxygen atoms in total. The molecule has 2 aromatic heterocycles. The van der Waals surface area contributed by atoms with Gasteiger partial charge in [-0.25, -0.2) is 9.78 Å². The van der Waals surface area contributed by atoms with E-state index in [0.717, 1.165) is 0 Å². The summed E-state index contributed by atoms with van der Waals surface area (Å²) in [5.41, 5.74) is 6.67. The average molecular weight is 530 g/mol. The van der Waals surface area contributed by atoms with Gasteiger partial charge < -0.3 is 39.9 Å². The minimum Gasteiger partial charge on any atom is -0.458 e. The van der Waals surface area contributed by atoms with Crippen molar-refractivity contribution >= 4 is 42.1 Å². The van der Waals surface area contributed by atoms with Crippen molar-refractivity contribution in [2.24, 2.45) is 0 Å². The van der Waals surface area contributed by atoms with Crippen LogP contribution in [0.5, 0.6) is 0 Å². The van der Waals surface area contributed by atoms with Gasteiger partial charge in [0, 0.05) is 0 Å². The standard InChI is InChI=1S/C19H21ClN5O9P/c20-19-23-14(21)11-15(24-19)25(8-22-11)16-13(27)12(26)10(34-16)7-33-18(35(29,30)31)17(28)32-6-9-4-2-1-3-5-9/h1-5,8,10,12-13,16,18,26-27H,6-7H2,(H2,21,23,24)(H2,29,30,31). The first-order valence-electron chi connectivity index (χ1n) is 10.1. The molecule has 0 saturated carbocycles. The molecule has 1 aliphatic rings. The number of nitrogens with zero attached hydrogens (tertiary/aromatic N) is 4. The summed E-state index contributed by atoms with van der Waals surface area (Å²) in [7, 11) is -5.11. The van der Waals surface area contributed by atoms with Gasteiger partial charge in [-0.2, -0.15) is 9.97 Å². The Morgan fingerprint density at radius 1 is 1.23 bits per heavy atom. The minimum absolute atomic E-state index is 0.00910. The smallest absolute Gasteiger partial charge is 0.365 e. The fraction of sp³-hybridized carbons (Fsp3) is 0.368. The lowest BCUT2D eigenvalue weighted by Gasteiger charge is -2.21. The molecule has 16 heteroatoms. The number of aromatic nitrogens is 4. The van der Waals surface area contributed by atoms with Crippen LogP contribution in [0.15, 0.2) is 36.7 Å². The molecule has 0 bridgehead atoms. The van der Waals surface area contributed by atoms with Crippen molar-refractivity contribution in [2.75, 3.05) is 12.3 Å². The van der Waals surface area contributed by atoms with Crippen molar-refractivity contribution in [3.05, 3.63) is 47.5 Å². The molecule has 0 amide bonds. The van der Waals surface area contributed by atoms with Crippen LogP contribution in [0.1, 0.15) is 11.8 Å². The maximum atomic E-state index is 12.3. The Hall–Kier alpha value is -2.68. The Bertz CT molecular complexity index is 1260. The fourth-order valence-electron chi connectivity index (χ4n) is 3.48. The molecular formula is C19H21ClN5O9P. The summed E-state index contributed by atoms with van der Waals surface area (Å²) >= 11 is 5.84. The molecule has 35 heavy (non-hydrogen) atoms. The fourth-order valence-corrected chi connectivity index (χ4v) is 4.28. The van der Waals surface area contributed by atoms with E-state index >= 15 is 0 Å². The molecule has 1 aromatic carbocycles. The zero-order valence-electron chi connectivity index (χ0n) is 17.8. The number of hydrogen-bond donors (Lipinski definition) is 5. The van der Waals surface area contributed by atoms with E-state index in [9.17, 15) is 29.4 Å². The van der Waals surface area contributed by atoms with Crippen LogP contribution < -0.4 is 5.73 Å². The second-order valence-corrected chi connectivity index (χ2v) is 9.60. The number of hydrogen-bond acceptors (Lipinski definition) is 11. The maximum Gasteiger partial charge on any atom is 0.365 e. The average Bonchev–Trinajstić information content (AvgIpc) is 3.34. The Kier molecular flexibility index (Phi) is 7.35. The largest absolute Gasteiger partial charge is 0.458 e. The summed E-state index contributed by atoms with van der Waals surface area (Å²) in [6.45, 7) is -0.889. The lowest BCUT2D eigenvalue weighted by Crippen LogP contribution is -2.36. The second kappa shape index (κ2) is 10.1. The predicted octanol–water partition coefficient (Wildman–Crippen LogP) is -0.0551. The monoisotopic (exact) mass is 529 g/mol. The van der Waals surface area contributed by atoms with E-state index in [4.69, 9.17) is 31.5 Å². The lowest BCUT2D eigenvalue weighted by molar-refractivity contribution is -0.157. The van der Waals surface area contributed by atoms with E-state index < -0.39 is 50.6 Å². The molecule has 5 unspecified atom stereocenters. The zero-order chi connectivity index (χ0) is 25.3. The summed E-state index contributed by atoms with van der Waals surface area (Å²) in [6.07, 6.45) is -4.33. The molecule has 0 aliphatic carbocycles. The molecular weight excluding hydrogens is 509 g/mol. The second-order valence-electron chi connectivity index (χ2n) is 7.62. The van der Waals surface area contributed by atoms with Gasteiger partial charge in [-0.3, -0.25) is 9.13 Å². The molecule has 1 fully saturated rings. The highest BCUT2D eigenvalue weighted by Crippen LogP contribution is 2.43. The topological polar surface area (TPSA) is 212 Å². The van der Waals surface area contributed by atoms with Gasteiger partial charge in [-0.1, -0.05) is 30.3 Å². The number of carbonyl (C=O) groups is 1. The van der Waals surface area contributed by atoms with E-state index in [2.05, 4.69) is 15.0 Å². The summed E-state index contributed by atoms with van der Waals surface area (Å²) < 4.78 is 28.9. The molecule has 4 rings (SSSR count). The van der Waals surface area contributed by atoms with Crippen LogP contribution >= 0.6 is 19.2 Å². The van der Waals surface area contributed by atoms with E-state index in [-0.39, 0.29) is 28.9 Å². The van der Waals surface area contributed by atoms with Crippen molar-refractivity contribution in [3.8, 4) is 0 Å². The number of rotatable bonds is 8. The van der Waals surface area contributed by atoms with Gasteiger partial charge in [0.1, 0.15) is 30.4 Å². The minimum atomic E-state index is -5.11. The molecule has 188 valence electrons. The third-order valence-electron chi connectivity index (χ3n) is 5.18. The number of anilines is 1. The zero-order valence-corrected chi connectivity index (χ0v) is 19.4. The van der Waals surface area contributed by atoms with Gasteiger partial charge in [0.25, 0.3) is 5.85 Å². The van der Waals surface area contributed by atoms with Gasteiger partial charge in [0.05, 0.1) is 12.9 Å². The van der Waals surface area contributed by atoms with E-state index in [1.165, 1.54) is 10.9 Å². The molecule has 3 heterocycles. The summed E-state index contributed by atoms with van der Waals surface area (Å²) in [6, 6.07) is 8.49. The SMILES string of the molecule is Nc1nc(Cl)nc2c1ncn2C1OC(COC(C(=O)OCc2ccccc2)P(=O)(O)O)C(O)C1O. The molecule has 3 aromatic rings. The third kappa shape index (κ3) is 5.44. The van der Waals surface area contributed by atoms with Crippen LogP contribution in [-0.2, 0) is 30.2 Å². The number of nitrogens with two attached hydrogens (primary N) is 1. The van der Waals surface area contributed by atoms with Crippen LogP contribution in [0, 0.1) is 0 Å². The Morgan fingerprint density at radius 2 is 1.94 bits per heavy atom. The number of benzene rings is 1. The van der Waals surface area contributed by atoms with E-state index in [0.29, 0.717) is 5.56 Å². The molecule has 0 spiro atoms. The number of nitrogen functional groups attached to an aromatic ring is 1. The summed E-state index contributed by atoms with van der Waals surface area (Å²) in [5, 5.41) is 20.8. The van der Waals surface area contributed by atoms with Crippen molar-refractivity contribution < 1.29 is 43.6 Å². The number of aliphatic hydroxyl groups is 2. The lowest BCUT2D eigenvalue weighted by atomic mass is 10.1. The molecule has 6 N–H and O–H groups in total. The van der Waals surface area contributed by atoms with Crippen molar-refractivity contribution in [1.29, 1.82) is 0 Å². The first-order valence-corrected chi connectivity index (χ1v) is 12.2. The molecule has 5 atom stereocenters. The quantitative estimate of drug-likeness (QED) is 0.147. The van der Waals surface area contributed by atoms with Gasteiger partial charge in [-0.15, -0.1) is 0 Å². The number of imidazole rings is 1. The summed E-state index contributed by atoms with van der Waals surface area (Å²) in [5.74, 6) is -3.57. The maximum absolute atomic E-state index is 12.3. The van der Waals surface area contributed by atoms with Crippen molar-refractivity contribution in [3.63, 3.8) is 0 Å². The first kappa shape index (κ1) is 25.4. The molecule has 0 radical (unpaired) electrons. The third-order valence-corrected chi connectivity index (χ3v) is 6.32.